The van der Waals surface area contributed by atoms with Gasteiger partial charge in [-0.25, -0.2) is 9.78 Å². The highest BCUT2D eigenvalue weighted by Crippen LogP contribution is 2.26. The largest absolute Gasteiger partial charge is 0.478 e. The molecule has 2 aromatic carbocycles. The first kappa shape index (κ1) is 27.8. The Labute approximate surface area is 223 Å². The minimum Gasteiger partial charge on any atom is -0.478 e. The fraction of sp³-hybridized carbons (Fsp3) is 0.393. The van der Waals surface area contributed by atoms with Crippen molar-refractivity contribution in [2.24, 2.45) is 5.92 Å². The molecule has 1 aromatic heterocycles. The van der Waals surface area contributed by atoms with Crippen molar-refractivity contribution < 1.29 is 14.7 Å². The zero-order valence-electron chi connectivity index (χ0n) is 21.0. The number of aromatic nitrogens is 2. The summed E-state index contributed by atoms with van der Waals surface area (Å²) in [5, 5.41) is 12.5. The maximum atomic E-state index is 12.6. The molecule has 0 aliphatic rings. The van der Waals surface area contributed by atoms with Crippen molar-refractivity contribution in [3.8, 4) is 11.1 Å². The summed E-state index contributed by atoms with van der Waals surface area (Å²) in [5.74, 6) is 0.189. The number of aromatic carboxylic acids is 1. The van der Waals surface area contributed by atoms with E-state index in [0.717, 1.165) is 41.9 Å². The van der Waals surface area contributed by atoms with Crippen LogP contribution in [0.4, 0.5) is 0 Å². The van der Waals surface area contributed by atoms with Crippen molar-refractivity contribution in [2.75, 3.05) is 0 Å². The summed E-state index contributed by atoms with van der Waals surface area (Å²) in [6.07, 6.45) is 3.50. The van der Waals surface area contributed by atoms with E-state index in [1.807, 2.05) is 36.4 Å². The first-order chi connectivity index (χ1) is 17.2. The summed E-state index contributed by atoms with van der Waals surface area (Å²) in [6, 6.07) is 14.8. The summed E-state index contributed by atoms with van der Waals surface area (Å²) in [5.41, 5.74) is 3.58. The highest BCUT2D eigenvalue weighted by atomic mass is 35.5. The van der Waals surface area contributed by atoms with Gasteiger partial charge in [-0.3, -0.25) is 4.79 Å². The molecule has 3 aromatic rings. The summed E-state index contributed by atoms with van der Waals surface area (Å²) in [6.45, 7) is 7.07. The van der Waals surface area contributed by atoms with Crippen LogP contribution in [0.1, 0.15) is 67.5 Å². The number of rotatable bonds is 12. The van der Waals surface area contributed by atoms with E-state index >= 15 is 0 Å². The molecule has 6 nitrogen and oxygen atoms in total. The van der Waals surface area contributed by atoms with Crippen molar-refractivity contribution in [1.82, 2.24) is 14.9 Å². The van der Waals surface area contributed by atoms with Gasteiger partial charge in [-0.2, -0.15) is 12.6 Å². The summed E-state index contributed by atoms with van der Waals surface area (Å²) >= 11 is 11.0. The van der Waals surface area contributed by atoms with Crippen LogP contribution in [0.25, 0.3) is 11.1 Å². The van der Waals surface area contributed by atoms with Gasteiger partial charge in [-0.05, 0) is 41.5 Å². The smallest absolute Gasteiger partial charge is 0.336 e. The molecular formula is C28H34ClN3O3S. The monoisotopic (exact) mass is 527 g/mol. The Morgan fingerprint density at radius 3 is 2.47 bits per heavy atom. The molecule has 8 heteroatoms. The SMILES string of the molecule is CCCCc1nc(Cl)c(CNC(=O)[C@H](S)CC(C)C)n1Cc1ccc(-c2ccccc2C(=O)O)cc1. The second-order valence-electron chi connectivity index (χ2n) is 9.37. The van der Waals surface area contributed by atoms with Crippen molar-refractivity contribution in [1.29, 1.82) is 0 Å². The topological polar surface area (TPSA) is 84.2 Å². The van der Waals surface area contributed by atoms with Crippen LogP contribution in [0, 0.1) is 5.92 Å². The number of unbranched alkanes of at least 4 members (excludes halogenated alkanes) is 1. The molecule has 1 heterocycles. The van der Waals surface area contributed by atoms with Gasteiger partial charge >= 0.3 is 5.97 Å². The third-order valence-corrected chi connectivity index (χ3v) is 6.80. The molecule has 0 aliphatic heterocycles. The standard InChI is InChI=1S/C28H34ClN3O3S/c1-4-5-10-25-31-26(29)23(16-30-27(33)24(36)15-18(2)3)32(25)17-19-11-13-20(14-12-19)21-8-6-7-9-22(21)28(34)35/h6-9,11-14,18,24,36H,4-5,10,15-17H2,1-3H3,(H,30,33)(H,34,35)/t24-/m1/s1. The highest BCUT2D eigenvalue weighted by Gasteiger charge is 2.20. The first-order valence-corrected chi connectivity index (χ1v) is 13.2. The second-order valence-corrected chi connectivity index (χ2v) is 10.3. The minimum atomic E-state index is -0.952. The number of aryl methyl sites for hydroxylation is 1. The van der Waals surface area contributed by atoms with Crippen LogP contribution in [-0.4, -0.2) is 31.8 Å². The number of hydrogen-bond donors (Lipinski definition) is 3. The van der Waals surface area contributed by atoms with Crippen LogP contribution in [0.15, 0.2) is 48.5 Å². The maximum absolute atomic E-state index is 12.6. The zero-order chi connectivity index (χ0) is 26.2. The van der Waals surface area contributed by atoms with Crippen LogP contribution < -0.4 is 5.32 Å². The van der Waals surface area contributed by atoms with Gasteiger partial charge in [0.15, 0.2) is 5.15 Å². The fourth-order valence-electron chi connectivity index (χ4n) is 4.12. The molecular weight excluding hydrogens is 494 g/mol. The number of carboxylic acid groups (broad SMARTS) is 1. The number of thiol groups is 1. The molecule has 0 radical (unpaired) electrons. The van der Waals surface area contributed by atoms with Crippen LogP contribution in [0.5, 0.6) is 0 Å². The van der Waals surface area contributed by atoms with E-state index < -0.39 is 5.97 Å². The van der Waals surface area contributed by atoms with E-state index in [1.165, 1.54) is 0 Å². The molecule has 0 saturated carbocycles. The Balaban J connectivity index is 1.84. The number of nitrogens with one attached hydrogen (secondary N) is 1. The number of amides is 1. The molecule has 0 bridgehead atoms. The van der Waals surface area contributed by atoms with E-state index in [1.54, 1.807) is 12.1 Å². The quantitative estimate of drug-likeness (QED) is 0.243. The molecule has 3 rings (SSSR count). The predicted molar refractivity (Wildman–Crippen MR) is 148 cm³/mol. The minimum absolute atomic E-state index is 0.118. The number of imidazole rings is 1. The fourth-order valence-corrected chi connectivity index (χ4v) is 4.90. The Morgan fingerprint density at radius 1 is 1.14 bits per heavy atom. The Morgan fingerprint density at radius 2 is 1.83 bits per heavy atom. The van der Waals surface area contributed by atoms with E-state index in [-0.39, 0.29) is 23.3 Å². The van der Waals surface area contributed by atoms with E-state index in [4.69, 9.17) is 11.6 Å². The van der Waals surface area contributed by atoms with Crippen molar-refractivity contribution >= 4 is 36.1 Å². The normalized spacial score (nSPS) is 12.1. The maximum Gasteiger partial charge on any atom is 0.336 e. The average molecular weight is 528 g/mol. The Kier molecular flexibility index (Phi) is 10.0. The number of carbonyl (C=O) groups excluding carboxylic acids is 1. The second kappa shape index (κ2) is 13.0. The third kappa shape index (κ3) is 7.14. The van der Waals surface area contributed by atoms with Gasteiger partial charge in [0, 0.05) is 13.0 Å². The van der Waals surface area contributed by atoms with Crippen molar-refractivity contribution in [2.45, 2.75) is 64.8 Å². The van der Waals surface area contributed by atoms with Gasteiger partial charge < -0.3 is 15.0 Å². The number of nitrogens with zero attached hydrogens (tertiary/aromatic N) is 2. The summed E-state index contributed by atoms with van der Waals surface area (Å²) < 4.78 is 2.08. The van der Waals surface area contributed by atoms with Gasteiger partial charge in [-0.15, -0.1) is 0 Å². The molecule has 0 spiro atoms. The summed E-state index contributed by atoms with van der Waals surface area (Å²) in [4.78, 5) is 28.8. The number of halogens is 1. The van der Waals surface area contributed by atoms with Gasteiger partial charge in [0.2, 0.25) is 5.91 Å². The molecule has 36 heavy (non-hydrogen) atoms. The van der Waals surface area contributed by atoms with Crippen LogP contribution in [0.2, 0.25) is 5.15 Å². The lowest BCUT2D eigenvalue weighted by molar-refractivity contribution is -0.121. The first-order valence-electron chi connectivity index (χ1n) is 12.3. The number of benzene rings is 2. The van der Waals surface area contributed by atoms with Crippen molar-refractivity contribution in [3.05, 3.63) is 76.3 Å². The van der Waals surface area contributed by atoms with Gasteiger partial charge in [0.25, 0.3) is 0 Å². The molecule has 2 N–H and O–H groups in total. The molecule has 192 valence electrons. The Bertz CT molecular complexity index is 1190. The Hall–Kier alpha value is -2.77. The van der Waals surface area contributed by atoms with Gasteiger partial charge in [0.1, 0.15) is 5.82 Å². The lowest BCUT2D eigenvalue weighted by Crippen LogP contribution is -2.32. The number of carboxylic acids is 1. The van der Waals surface area contributed by atoms with Crippen LogP contribution in [0.3, 0.4) is 0 Å². The highest BCUT2D eigenvalue weighted by molar-refractivity contribution is 7.81. The molecule has 1 atom stereocenters. The molecule has 0 saturated heterocycles. The lowest BCUT2D eigenvalue weighted by Gasteiger charge is -2.16. The zero-order valence-corrected chi connectivity index (χ0v) is 22.6. The molecule has 1 amide bonds. The van der Waals surface area contributed by atoms with Gasteiger partial charge in [0.05, 0.1) is 23.1 Å². The molecule has 0 aliphatic carbocycles. The molecule has 0 unspecified atom stereocenters. The summed E-state index contributed by atoms with van der Waals surface area (Å²) in [7, 11) is 0. The van der Waals surface area contributed by atoms with E-state index in [9.17, 15) is 14.7 Å². The van der Waals surface area contributed by atoms with Crippen LogP contribution >= 0.6 is 24.2 Å². The number of hydrogen-bond acceptors (Lipinski definition) is 4. The average Bonchev–Trinajstić information content (AvgIpc) is 3.14. The van der Waals surface area contributed by atoms with Crippen LogP contribution in [-0.2, 0) is 24.3 Å². The van der Waals surface area contributed by atoms with E-state index in [0.29, 0.717) is 29.6 Å². The van der Waals surface area contributed by atoms with E-state index in [2.05, 4.69) is 48.3 Å². The van der Waals surface area contributed by atoms with Crippen molar-refractivity contribution in [3.63, 3.8) is 0 Å². The van der Waals surface area contributed by atoms with Gasteiger partial charge in [-0.1, -0.05) is 81.3 Å². The lowest BCUT2D eigenvalue weighted by atomic mass is 9.99. The predicted octanol–water partition coefficient (Wildman–Crippen LogP) is 6.25. The third-order valence-electron chi connectivity index (χ3n) is 6.05. The molecule has 0 fully saturated rings. The number of carbonyl (C=O) groups is 2.